The van der Waals surface area contributed by atoms with Crippen LogP contribution in [0.2, 0.25) is 10.0 Å². The van der Waals surface area contributed by atoms with Crippen LogP contribution in [0.4, 0.5) is 0 Å². The number of nitrogens with two attached hydrogens (primary N) is 1. The lowest BCUT2D eigenvalue weighted by atomic mass is 9.95. The minimum absolute atomic E-state index is 0.366. The Balaban J connectivity index is 2.50. The molecule has 2 rings (SSSR count). The zero-order chi connectivity index (χ0) is 15.6. The predicted molar refractivity (Wildman–Crippen MR) is 86.8 cm³/mol. The lowest BCUT2D eigenvalue weighted by Crippen LogP contribution is -2.14. The molecule has 2 aromatic rings. The van der Waals surface area contributed by atoms with E-state index in [4.69, 9.17) is 38.4 Å². The monoisotopic (exact) mass is 325 g/mol. The van der Waals surface area contributed by atoms with Crippen molar-refractivity contribution in [2.24, 2.45) is 5.73 Å². The van der Waals surface area contributed by atoms with Crippen LogP contribution in [0.15, 0.2) is 30.3 Å². The molecule has 0 amide bonds. The van der Waals surface area contributed by atoms with Gasteiger partial charge < -0.3 is 15.2 Å². The molecule has 0 bridgehead atoms. The molecular formula is C16H17Cl2NO2. The predicted octanol–water partition coefficient (Wildman–Crippen LogP) is 4.37. The van der Waals surface area contributed by atoms with Gasteiger partial charge in [0.25, 0.3) is 0 Å². The molecular weight excluding hydrogens is 309 g/mol. The molecule has 3 nitrogen and oxygen atoms in total. The standard InChI is InChI=1S/C16H17Cl2NO2/c1-9-6-10(17)4-5-11(9)16(19)12-7-14(20-2)15(21-3)8-13(12)18/h4-8,16H,19H2,1-3H3. The maximum absolute atomic E-state index is 6.36. The van der Waals surface area contributed by atoms with E-state index < -0.39 is 0 Å². The second-order valence-electron chi connectivity index (χ2n) is 4.71. The summed E-state index contributed by atoms with van der Waals surface area (Å²) < 4.78 is 10.5. The van der Waals surface area contributed by atoms with Gasteiger partial charge in [0, 0.05) is 16.1 Å². The number of halogens is 2. The third kappa shape index (κ3) is 3.26. The van der Waals surface area contributed by atoms with Crippen molar-refractivity contribution in [2.45, 2.75) is 13.0 Å². The Labute approximate surface area is 134 Å². The molecule has 1 unspecified atom stereocenters. The lowest BCUT2D eigenvalue weighted by Gasteiger charge is -2.19. The molecule has 2 aromatic carbocycles. The van der Waals surface area contributed by atoms with E-state index in [9.17, 15) is 0 Å². The highest BCUT2D eigenvalue weighted by Crippen LogP contribution is 2.37. The first-order chi connectivity index (χ1) is 9.97. The maximum atomic E-state index is 6.36. The van der Waals surface area contributed by atoms with E-state index in [-0.39, 0.29) is 6.04 Å². The fourth-order valence-electron chi connectivity index (χ4n) is 2.26. The molecule has 0 aliphatic heterocycles. The zero-order valence-corrected chi connectivity index (χ0v) is 13.6. The van der Waals surface area contributed by atoms with Gasteiger partial charge in [0.15, 0.2) is 11.5 Å². The van der Waals surface area contributed by atoms with Crippen LogP contribution in [0.5, 0.6) is 11.5 Å². The van der Waals surface area contributed by atoms with Gasteiger partial charge in [0.05, 0.1) is 20.3 Å². The van der Waals surface area contributed by atoms with Crippen molar-refractivity contribution < 1.29 is 9.47 Å². The quantitative estimate of drug-likeness (QED) is 0.907. The average Bonchev–Trinajstić information content (AvgIpc) is 2.46. The fraction of sp³-hybridized carbons (Fsp3) is 0.250. The second kappa shape index (κ2) is 6.56. The molecule has 0 heterocycles. The molecule has 0 spiro atoms. The van der Waals surface area contributed by atoms with E-state index >= 15 is 0 Å². The Morgan fingerprint density at radius 3 is 2.14 bits per heavy atom. The first kappa shape index (κ1) is 16.0. The summed E-state index contributed by atoms with van der Waals surface area (Å²) in [7, 11) is 3.14. The van der Waals surface area contributed by atoms with Gasteiger partial charge in [0.2, 0.25) is 0 Å². The second-order valence-corrected chi connectivity index (χ2v) is 5.55. The summed E-state index contributed by atoms with van der Waals surface area (Å²) in [5.74, 6) is 1.17. The summed E-state index contributed by atoms with van der Waals surface area (Å²) in [6.07, 6.45) is 0. The van der Waals surface area contributed by atoms with Gasteiger partial charge >= 0.3 is 0 Å². The number of rotatable bonds is 4. The Kier molecular flexibility index (Phi) is 4.99. The summed E-state index contributed by atoms with van der Waals surface area (Å²) in [4.78, 5) is 0. The van der Waals surface area contributed by atoms with Crippen LogP contribution in [0.3, 0.4) is 0 Å². The van der Waals surface area contributed by atoms with Crippen LogP contribution in [0.1, 0.15) is 22.7 Å². The Hall–Kier alpha value is -1.42. The van der Waals surface area contributed by atoms with E-state index in [0.29, 0.717) is 21.5 Å². The van der Waals surface area contributed by atoms with Crippen molar-refractivity contribution in [3.63, 3.8) is 0 Å². The number of benzene rings is 2. The molecule has 2 N–H and O–H groups in total. The van der Waals surface area contributed by atoms with Crippen LogP contribution in [-0.2, 0) is 0 Å². The van der Waals surface area contributed by atoms with Crippen molar-refractivity contribution in [2.75, 3.05) is 14.2 Å². The summed E-state index contributed by atoms with van der Waals surface area (Å²) >= 11 is 12.3. The summed E-state index contributed by atoms with van der Waals surface area (Å²) in [6.45, 7) is 1.97. The molecule has 0 radical (unpaired) electrons. The van der Waals surface area contributed by atoms with Gasteiger partial charge in [-0.25, -0.2) is 0 Å². The van der Waals surface area contributed by atoms with Gasteiger partial charge in [-0.2, -0.15) is 0 Å². The van der Waals surface area contributed by atoms with E-state index in [1.54, 1.807) is 26.4 Å². The minimum atomic E-state index is -0.366. The van der Waals surface area contributed by atoms with Crippen LogP contribution in [0.25, 0.3) is 0 Å². The third-order valence-electron chi connectivity index (χ3n) is 3.40. The molecule has 0 saturated carbocycles. The molecule has 0 aromatic heterocycles. The van der Waals surface area contributed by atoms with Gasteiger partial charge in [-0.15, -0.1) is 0 Å². The summed E-state index contributed by atoms with van der Waals surface area (Å²) in [6, 6.07) is 8.76. The number of hydrogen-bond donors (Lipinski definition) is 1. The number of hydrogen-bond acceptors (Lipinski definition) is 3. The van der Waals surface area contributed by atoms with E-state index in [2.05, 4.69) is 0 Å². The van der Waals surface area contributed by atoms with Crippen molar-refractivity contribution in [3.05, 3.63) is 57.1 Å². The molecule has 0 aliphatic carbocycles. The Morgan fingerprint density at radius 2 is 1.57 bits per heavy atom. The molecule has 5 heteroatoms. The maximum Gasteiger partial charge on any atom is 0.162 e. The SMILES string of the molecule is COc1cc(Cl)c(C(N)c2ccc(Cl)cc2C)cc1OC. The number of aryl methyl sites for hydroxylation is 1. The molecule has 112 valence electrons. The van der Waals surface area contributed by atoms with Gasteiger partial charge in [-0.05, 0) is 41.8 Å². The number of ether oxygens (including phenoxy) is 2. The normalized spacial score (nSPS) is 12.1. The van der Waals surface area contributed by atoms with Crippen LogP contribution >= 0.6 is 23.2 Å². The molecule has 0 saturated heterocycles. The highest BCUT2D eigenvalue weighted by atomic mass is 35.5. The van der Waals surface area contributed by atoms with Gasteiger partial charge in [-0.3, -0.25) is 0 Å². The lowest BCUT2D eigenvalue weighted by molar-refractivity contribution is 0.354. The van der Waals surface area contributed by atoms with E-state index in [0.717, 1.165) is 16.7 Å². The highest BCUT2D eigenvalue weighted by molar-refractivity contribution is 6.31. The van der Waals surface area contributed by atoms with Crippen LogP contribution < -0.4 is 15.2 Å². The fourth-order valence-corrected chi connectivity index (χ4v) is 2.76. The smallest absolute Gasteiger partial charge is 0.162 e. The zero-order valence-electron chi connectivity index (χ0n) is 12.1. The largest absolute Gasteiger partial charge is 0.493 e. The molecule has 1 atom stereocenters. The van der Waals surface area contributed by atoms with Crippen molar-refractivity contribution in [1.82, 2.24) is 0 Å². The first-order valence-corrected chi connectivity index (χ1v) is 7.16. The average molecular weight is 326 g/mol. The van der Waals surface area contributed by atoms with Crippen LogP contribution in [-0.4, -0.2) is 14.2 Å². The Bertz CT molecular complexity index is 659. The summed E-state index contributed by atoms with van der Waals surface area (Å²) in [5.41, 5.74) is 9.12. The van der Waals surface area contributed by atoms with Gasteiger partial charge in [0.1, 0.15) is 0 Å². The van der Waals surface area contributed by atoms with Gasteiger partial charge in [-0.1, -0.05) is 29.3 Å². The van der Waals surface area contributed by atoms with Crippen molar-refractivity contribution in [3.8, 4) is 11.5 Å². The molecule has 21 heavy (non-hydrogen) atoms. The topological polar surface area (TPSA) is 44.5 Å². The summed E-state index contributed by atoms with van der Waals surface area (Å²) in [5, 5.41) is 1.22. The minimum Gasteiger partial charge on any atom is -0.493 e. The highest BCUT2D eigenvalue weighted by Gasteiger charge is 2.18. The van der Waals surface area contributed by atoms with Crippen molar-refractivity contribution >= 4 is 23.2 Å². The molecule has 0 fully saturated rings. The Morgan fingerprint density at radius 1 is 0.952 bits per heavy atom. The number of methoxy groups -OCH3 is 2. The first-order valence-electron chi connectivity index (χ1n) is 6.41. The molecule has 0 aliphatic rings. The van der Waals surface area contributed by atoms with Crippen molar-refractivity contribution in [1.29, 1.82) is 0 Å². The van der Waals surface area contributed by atoms with E-state index in [1.165, 1.54) is 0 Å². The van der Waals surface area contributed by atoms with E-state index in [1.807, 2.05) is 25.1 Å². The third-order valence-corrected chi connectivity index (χ3v) is 3.97. The van der Waals surface area contributed by atoms with Crippen LogP contribution in [0, 0.1) is 6.92 Å².